The number of halogens is 1. The fourth-order valence-corrected chi connectivity index (χ4v) is 3.18. The maximum atomic E-state index is 6.02. The predicted molar refractivity (Wildman–Crippen MR) is 96.3 cm³/mol. The zero-order valence-electron chi connectivity index (χ0n) is 14.1. The molecule has 0 amide bonds. The molecule has 0 nitrogen and oxygen atoms in total. The van der Waals surface area contributed by atoms with Crippen LogP contribution in [0.5, 0.6) is 0 Å². The molecule has 1 aromatic carbocycles. The van der Waals surface area contributed by atoms with Crippen molar-refractivity contribution in [2.24, 2.45) is 0 Å². The molecule has 0 saturated carbocycles. The van der Waals surface area contributed by atoms with Gasteiger partial charge in [-0.25, -0.2) is 0 Å². The molecule has 1 heteroatoms. The summed E-state index contributed by atoms with van der Waals surface area (Å²) in [6.45, 7) is 4.45. The topological polar surface area (TPSA) is 0 Å². The molecule has 0 aliphatic heterocycles. The molecule has 0 fully saturated rings. The molecule has 0 N–H and O–H groups in total. The second-order valence-electron chi connectivity index (χ2n) is 6.34. The molecule has 21 heavy (non-hydrogen) atoms. The Bertz CT molecular complexity index is 370. The van der Waals surface area contributed by atoms with Crippen molar-refractivity contribution < 1.29 is 0 Å². The third kappa shape index (κ3) is 8.51. The summed E-state index contributed by atoms with van der Waals surface area (Å²) in [6.07, 6.45) is 15.2. The second kappa shape index (κ2) is 12.1. The second-order valence-corrected chi connectivity index (χ2v) is 6.61. The Balaban J connectivity index is 2.05. The van der Waals surface area contributed by atoms with Gasteiger partial charge in [0.05, 0.1) is 0 Å². The normalized spacial score (nSPS) is 11.0. The van der Waals surface area contributed by atoms with Crippen molar-refractivity contribution in [3.63, 3.8) is 0 Å². The number of hydrogen-bond donors (Lipinski definition) is 0. The first-order chi connectivity index (χ1) is 10.3. The Morgan fingerprint density at radius 3 is 1.90 bits per heavy atom. The highest BCUT2D eigenvalue weighted by molar-refractivity contribution is 6.17. The van der Waals surface area contributed by atoms with Crippen molar-refractivity contribution in [1.82, 2.24) is 0 Å². The Morgan fingerprint density at radius 1 is 0.762 bits per heavy atom. The SMILES string of the molecule is CCCCCCCCCCCCc1cc(C)ccc1CCl. The van der Waals surface area contributed by atoms with Crippen LogP contribution in [0.3, 0.4) is 0 Å². The van der Waals surface area contributed by atoms with E-state index in [1.54, 1.807) is 0 Å². The van der Waals surface area contributed by atoms with Crippen molar-refractivity contribution in [2.45, 2.75) is 90.4 Å². The van der Waals surface area contributed by atoms with Gasteiger partial charge < -0.3 is 0 Å². The van der Waals surface area contributed by atoms with Crippen LogP contribution in [0, 0.1) is 6.92 Å². The summed E-state index contributed by atoms with van der Waals surface area (Å²) in [5, 5.41) is 0. The minimum atomic E-state index is 0.646. The number of benzene rings is 1. The summed E-state index contributed by atoms with van der Waals surface area (Å²) in [6, 6.07) is 6.67. The van der Waals surface area contributed by atoms with E-state index in [0.29, 0.717) is 5.88 Å². The van der Waals surface area contributed by atoms with Gasteiger partial charge in [0.1, 0.15) is 0 Å². The number of hydrogen-bond acceptors (Lipinski definition) is 0. The summed E-state index contributed by atoms with van der Waals surface area (Å²) in [4.78, 5) is 0. The van der Waals surface area contributed by atoms with Crippen LogP contribution in [-0.2, 0) is 12.3 Å². The molecular weight excluding hydrogens is 276 g/mol. The molecule has 0 heterocycles. The van der Waals surface area contributed by atoms with Crippen LogP contribution in [0.2, 0.25) is 0 Å². The quantitative estimate of drug-likeness (QED) is 0.283. The Labute approximate surface area is 137 Å². The Hall–Kier alpha value is -0.490. The fraction of sp³-hybridized carbons (Fsp3) is 0.700. The highest BCUT2D eigenvalue weighted by Crippen LogP contribution is 2.18. The van der Waals surface area contributed by atoms with Gasteiger partial charge in [-0.05, 0) is 30.9 Å². The van der Waals surface area contributed by atoms with E-state index in [0.717, 1.165) is 0 Å². The van der Waals surface area contributed by atoms with E-state index in [1.165, 1.54) is 87.3 Å². The van der Waals surface area contributed by atoms with Crippen molar-refractivity contribution >= 4 is 11.6 Å². The van der Waals surface area contributed by atoms with Crippen LogP contribution in [-0.4, -0.2) is 0 Å². The Kier molecular flexibility index (Phi) is 10.7. The summed E-state index contributed by atoms with van der Waals surface area (Å²) < 4.78 is 0. The molecule has 0 saturated heterocycles. The minimum Gasteiger partial charge on any atom is -0.122 e. The first kappa shape index (κ1) is 18.6. The highest BCUT2D eigenvalue weighted by Gasteiger charge is 2.02. The van der Waals surface area contributed by atoms with E-state index in [9.17, 15) is 0 Å². The van der Waals surface area contributed by atoms with Crippen LogP contribution in [0.15, 0.2) is 18.2 Å². The smallest absolute Gasteiger partial charge is 0.0476 e. The van der Waals surface area contributed by atoms with Gasteiger partial charge >= 0.3 is 0 Å². The van der Waals surface area contributed by atoms with E-state index in [2.05, 4.69) is 32.0 Å². The van der Waals surface area contributed by atoms with Gasteiger partial charge in [0, 0.05) is 5.88 Å². The van der Waals surface area contributed by atoms with Crippen LogP contribution in [0.1, 0.15) is 87.8 Å². The van der Waals surface area contributed by atoms with E-state index in [1.807, 2.05) is 0 Å². The monoisotopic (exact) mass is 308 g/mol. The standard InChI is InChI=1S/C20H33Cl/c1-3-4-5-6-7-8-9-10-11-12-13-19-16-18(2)14-15-20(19)17-21/h14-16H,3-13,17H2,1-2H3. The van der Waals surface area contributed by atoms with Crippen molar-refractivity contribution in [3.05, 3.63) is 34.9 Å². The maximum absolute atomic E-state index is 6.02. The summed E-state index contributed by atoms with van der Waals surface area (Å²) in [7, 11) is 0. The molecule has 1 rings (SSSR count). The molecule has 0 atom stereocenters. The lowest BCUT2D eigenvalue weighted by Crippen LogP contribution is -1.93. The zero-order valence-corrected chi connectivity index (χ0v) is 14.9. The minimum absolute atomic E-state index is 0.646. The van der Waals surface area contributed by atoms with Gasteiger partial charge in [0.2, 0.25) is 0 Å². The average Bonchev–Trinajstić information content (AvgIpc) is 2.49. The van der Waals surface area contributed by atoms with Crippen molar-refractivity contribution in [3.8, 4) is 0 Å². The van der Waals surface area contributed by atoms with Crippen LogP contribution in [0.25, 0.3) is 0 Å². The van der Waals surface area contributed by atoms with Gasteiger partial charge in [-0.1, -0.05) is 88.5 Å². The van der Waals surface area contributed by atoms with E-state index in [-0.39, 0.29) is 0 Å². The lowest BCUT2D eigenvalue weighted by molar-refractivity contribution is 0.556. The molecule has 0 aliphatic rings. The molecular formula is C20H33Cl. The van der Waals surface area contributed by atoms with Gasteiger partial charge in [-0.3, -0.25) is 0 Å². The first-order valence-electron chi connectivity index (χ1n) is 8.92. The number of unbranched alkanes of at least 4 members (excludes halogenated alkanes) is 9. The van der Waals surface area contributed by atoms with E-state index in [4.69, 9.17) is 11.6 Å². The maximum Gasteiger partial charge on any atom is 0.0476 e. The van der Waals surface area contributed by atoms with Crippen molar-refractivity contribution in [1.29, 1.82) is 0 Å². The Morgan fingerprint density at radius 2 is 1.33 bits per heavy atom. The lowest BCUT2D eigenvalue weighted by Gasteiger charge is -2.08. The molecule has 0 radical (unpaired) electrons. The molecule has 1 aromatic rings. The molecule has 0 bridgehead atoms. The molecule has 0 aromatic heterocycles. The number of alkyl halides is 1. The van der Waals surface area contributed by atoms with Gasteiger partial charge in [0.15, 0.2) is 0 Å². The van der Waals surface area contributed by atoms with Crippen molar-refractivity contribution in [2.75, 3.05) is 0 Å². The van der Waals surface area contributed by atoms with E-state index >= 15 is 0 Å². The van der Waals surface area contributed by atoms with Gasteiger partial charge in [0.25, 0.3) is 0 Å². The lowest BCUT2D eigenvalue weighted by atomic mass is 9.99. The van der Waals surface area contributed by atoms with Gasteiger partial charge in [-0.2, -0.15) is 0 Å². The highest BCUT2D eigenvalue weighted by atomic mass is 35.5. The molecule has 120 valence electrons. The van der Waals surface area contributed by atoms with Crippen LogP contribution < -0.4 is 0 Å². The predicted octanol–water partition coefficient (Wildman–Crippen LogP) is 7.20. The van der Waals surface area contributed by atoms with E-state index < -0.39 is 0 Å². The zero-order chi connectivity index (χ0) is 15.3. The summed E-state index contributed by atoms with van der Waals surface area (Å²) >= 11 is 6.02. The largest absolute Gasteiger partial charge is 0.122 e. The molecule has 0 spiro atoms. The fourth-order valence-electron chi connectivity index (χ4n) is 2.92. The third-order valence-electron chi connectivity index (χ3n) is 4.31. The third-order valence-corrected chi connectivity index (χ3v) is 4.59. The number of aryl methyl sites for hydroxylation is 2. The number of rotatable bonds is 12. The summed E-state index contributed by atoms with van der Waals surface area (Å²) in [5.41, 5.74) is 4.13. The molecule has 0 aliphatic carbocycles. The average molecular weight is 309 g/mol. The van der Waals surface area contributed by atoms with Crippen LogP contribution in [0.4, 0.5) is 0 Å². The van der Waals surface area contributed by atoms with Crippen LogP contribution >= 0.6 is 11.6 Å². The molecule has 0 unspecified atom stereocenters. The van der Waals surface area contributed by atoms with Gasteiger partial charge in [-0.15, -0.1) is 11.6 Å². The summed E-state index contributed by atoms with van der Waals surface area (Å²) in [5.74, 6) is 0.646. The first-order valence-corrected chi connectivity index (χ1v) is 9.45.